The molecule has 3 rings (SSSR count). The Balaban J connectivity index is 1.57. The number of hydrogen-bond acceptors (Lipinski definition) is 5. The highest BCUT2D eigenvalue weighted by molar-refractivity contribution is 6.08. The largest absolute Gasteiger partial charge is 0.373 e. The number of amides is 3. The standard InChI is InChI=1S/C17H27N3O4/c1-9(2)10(18)6-7-19(3)13(21)8-20-16(22)14-11-4-5-12(24-11)15(14)17(20)23/h9-12,14-15H,4-8,18H2,1-3H3. The Hall–Kier alpha value is -1.47. The fourth-order valence-electron chi connectivity index (χ4n) is 3.99. The van der Waals surface area contributed by atoms with Gasteiger partial charge in [0.2, 0.25) is 17.7 Å². The van der Waals surface area contributed by atoms with Gasteiger partial charge in [0.15, 0.2) is 0 Å². The van der Waals surface area contributed by atoms with Crippen LogP contribution >= 0.6 is 0 Å². The first-order chi connectivity index (χ1) is 11.3. The molecule has 7 nitrogen and oxygen atoms in total. The van der Waals surface area contributed by atoms with Crippen LogP contribution in [0, 0.1) is 17.8 Å². The Morgan fingerprint density at radius 3 is 2.29 bits per heavy atom. The number of likely N-dealkylation sites (N-methyl/N-ethyl adjacent to an activating group) is 1. The van der Waals surface area contributed by atoms with E-state index in [1.807, 2.05) is 13.8 Å². The van der Waals surface area contributed by atoms with E-state index in [-0.39, 0.29) is 54.4 Å². The first-order valence-corrected chi connectivity index (χ1v) is 8.81. The number of nitrogens with zero attached hydrogens (tertiary/aromatic N) is 2. The Bertz CT molecular complexity index is 522. The van der Waals surface area contributed by atoms with Crippen LogP contribution in [-0.4, -0.2) is 65.9 Å². The first-order valence-electron chi connectivity index (χ1n) is 8.81. The SMILES string of the molecule is CC(C)C(N)CCN(C)C(=O)CN1C(=O)C2C3CCC(O3)C2C1=O. The van der Waals surface area contributed by atoms with Gasteiger partial charge in [-0.2, -0.15) is 0 Å². The lowest BCUT2D eigenvalue weighted by Crippen LogP contribution is -2.44. The predicted molar refractivity (Wildman–Crippen MR) is 86.7 cm³/mol. The summed E-state index contributed by atoms with van der Waals surface area (Å²) in [5.41, 5.74) is 6.00. The molecule has 0 aromatic carbocycles. The van der Waals surface area contributed by atoms with E-state index in [4.69, 9.17) is 10.5 Å². The van der Waals surface area contributed by atoms with Crippen molar-refractivity contribution in [3.05, 3.63) is 0 Å². The molecule has 3 saturated heterocycles. The van der Waals surface area contributed by atoms with Gasteiger partial charge < -0.3 is 15.4 Å². The lowest BCUT2D eigenvalue weighted by molar-refractivity contribution is -0.148. The van der Waals surface area contributed by atoms with E-state index in [0.717, 1.165) is 17.7 Å². The van der Waals surface area contributed by atoms with Crippen LogP contribution < -0.4 is 5.73 Å². The van der Waals surface area contributed by atoms with Crippen LogP contribution in [0.4, 0.5) is 0 Å². The molecule has 3 amide bonds. The lowest BCUT2D eigenvalue weighted by atomic mass is 9.81. The van der Waals surface area contributed by atoms with Gasteiger partial charge in [0.1, 0.15) is 6.54 Å². The quantitative estimate of drug-likeness (QED) is 0.688. The second kappa shape index (κ2) is 6.44. The topological polar surface area (TPSA) is 92.9 Å². The van der Waals surface area contributed by atoms with Crippen LogP contribution in [0.5, 0.6) is 0 Å². The fraction of sp³-hybridized carbons (Fsp3) is 0.824. The van der Waals surface area contributed by atoms with Crippen molar-refractivity contribution in [3.8, 4) is 0 Å². The van der Waals surface area contributed by atoms with E-state index >= 15 is 0 Å². The van der Waals surface area contributed by atoms with E-state index in [0.29, 0.717) is 18.9 Å². The van der Waals surface area contributed by atoms with Crippen LogP contribution in [-0.2, 0) is 19.1 Å². The van der Waals surface area contributed by atoms with Gasteiger partial charge >= 0.3 is 0 Å². The summed E-state index contributed by atoms with van der Waals surface area (Å²) in [6.07, 6.45) is 2.08. The molecule has 2 N–H and O–H groups in total. The van der Waals surface area contributed by atoms with Gasteiger partial charge in [0.25, 0.3) is 0 Å². The second-order valence-electron chi connectivity index (χ2n) is 7.62. The molecule has 7 heteroatoms. The highest BCUT2D eigenvalue weighted by Crippen LogP contribution is 2.48. The van der Waals surface area contributed by atoms with Crippen molar-refractivity contribution in [2.75, 3.05) is 20.1 Å². The summed E-state index contributed by atoms with van der Waals surface area (Å²) >= 11 is 0. The van der Waals surface area contributed by atoms with Crippen molar-refractivity contribution < 1.29 is 19.1 Å². The highest BCUT2D eigenvalue weighted by atomic mass is 16.5. The monoisotopic (exact) mass is 337 g/mol. The van der Waals surface area contributed by atoms with Gasteiger partial charge in [0.05, 0.1) is 24.0 Å². The summed E-state index contributed by atoms with van der Waals surface area (Å²) in [5.74, 6) is -1.09. The van der Waals surface area contributed by atoms with Gasteiger partial charge in [-0.05, 0) is 25.2 Å². The number of hydrogen-bond donors (Lipinski definition) is 1. The van der Waals surface area contributed by atoms with E-state index in [2.05, 4.69) is 0 Å². The third-order valence-corrected chi connectivity index (χ3v) is 5.75. The van der Waals surface area contributed by atoms with Crippen molar-refractivity contribution >= 4 is 17.7 Å². The van der Waals surface area contributed by atoms with Crippen molar-refractivity contribution in [1.82, 2.24) is 9.80 Å². The molecule has 2 bridgehead atoms. The van der Waals surface area contributed by atoms with Gasteiger partial charge in [-0.3, -0.25) is 19.3 Å². The van der Waals surface area contributed by atoms with Crippen LogP contribution in [0.3, 0.4) is 0 Å². The van der Waals surface area contributed by atoms with E-state index < -0.39 is 0 Å². The Kier molecular flexibility index (Phi) is 4.66. The van der Waals surface area contributed by atoms with E-state index in [1.54, 1.807) is 11.9 Å². The number of carbonyl (C=O) groups is 3. The zero-order valence-corrected chi connectivity index (χ0v) is 14.6. The third-order valence-electron chi connectivity index (χ3n) is 5.75. The van der Waals surface area contributed by atoms with Crippen LogP contribution in [0.15, 0.2) is 0 Å². The van der Waals surface area contributed by atoms with Crippen LogP contribution in [0.1, 0.15) is 33.1 Å². The fourth-order valence-corrected chi connectivity index (χ4v) is 3.99. The maximum atomic E-state index is 12.5. The molecule has 0 aromatic rings. The number of fused-ring (bicyclic) bond motifs is 5. The Morgan fingerprint density at radius 1 is 1.25 bits per heavy atom. The Morgan fingerprint density at radius 2 is 1.79 bits per heavy atom. The smallest absolute Gasteiger partial charge is 0.242 e. The zero-order valence-electron chi connectivity index (χ0n) is 14.6. The molecule has 5 unspecified atom stereocenters. The molecule has 3 aliphatic rings. The lowest BCUT2D eigenvalue weighted by Gasteiger charge is -2.24. The van der Waals surface area contributed by atoms with Crippen molar-refractivity contribution in [1.29, 1.82) is 0 Å². The zero-order chi connectivity index (χ0) is 17.6. The van der Waals surface area contributed by atoms with E-state index in [9.17, 15) is 14.4 Å². The number of ether oxygens (including phenoxy) is 1. The summed E-state index contributed by atoms with van der Waals surface area (Å²) in [6.45, 7) is 4.44. The summed E-state index contributed by atoms with van der Waals surface area (Å²) in [7, 11) is 1.69. The molecular formula is C17H27N3O4. The molecule has 0 radical (unpaired) electrons. The van der Waals surface area contributed by atoms with Crippen LogP contribution in [0.25, 0.3) is 0 Å². The highest BCUT2D eigenvalue weighted by Gasteiger charge is 2.62. The van der Waals surface area contributed by atoms with Gasteiger partial charge in [-0.25, -0.2) is 0 Å². The molecule has 0 saturated carbocycles. The van der Waals surface area contributed by atoms with Crippen LogP contribution in [0.2, 0.25) is 0 Å². The minimum absolute atomic E-state index is 0.0300. The number of nitrogens with two attached hydrogens (primary N) is 1. The minimum atomic E-state index is -0.372. The molecule has 0 aromatic heterocycles. The molecule has 134 valence electrons. The van der Waals surface area contributed by atoms with E-state index in [1.165, 1.54) is 0 Å². The summed E-state index contributed by atoms with van der Waals surface area (Å²) in [5, 5.41) is 0. The molecule has 3 aliphatic heterocycles. The maximum Gasteiger partial charge on any atom is 0.242 e. The maximum absolute atomic E-state index is 12.5. The van der Waals surface area contributed by atoms with Crippen molar-refractivity contribution in [2.45, 2.75) is 51.4 Å². The normalized spacial score (nSPS) is 32.6. The number of imide groups is 1. The minimum Gasteiger partial charge on any atom is -0.373 e. The molecule has 0 aliphatic carbocycles. The Labute approximate surface area is 142 Å². The summed E-state index contributed by atoms with van der Waals surface area (Å²) in [6, 6.07) is 0.0300. The summed E-state index contributed by atoms with van der Waals surface area (Å²) < 4.78 is 5.69. The molecule has 24 heavy (non-hydrogen) atoms. The number of rotatable bonds is 6. The summed E-state index contributed by atoms with van der Waals surface area (Å²) in [4.78, 5) is 40.1. The molecule has 5 atom stereocenters. The molecule has 0 spiro atoms. The average Bonchev–Trinajstić information content (AvgIpc) is 3.21. The van der Waals surface area contributed by atoms with Crippen molar-refractivity contribution in [2.24, 2.45) is 23.5 Å². The average molecular weight is 337 g/mol. The van der Waals surface area contributed by atoms with Gasteiger partial charge in [-0.15, -0.1) is 0 Å². The van der Waals surface area contributed by atoms with Crippen molar-refractivity contribution in [3.63, 3.8) is 0 Å². The number of likely N-dealkylation sites (tertiary alicyclic amines) is 1. The first kappa shape index (κ1) is 17.4. The molecule has 3 fully saturated rings. The number of carbonyl (C=O) groups excluding carboxylic acids is 3. The molecule has 3 heterocycles. The van der Waals surface area contributed by atoms with Gasteiger partial charge in [0, 0.05) is 19.6 Å². The predicted octanol–water partition coefficient (Wildman–Crippen LogP) is -0.0194. The molecular weight excluding hydrogens is 310 g/mol. The third kappa shape index (κ3) is 2.84. The van der Waals surface area contributed by atoms with Gasteiger partial charge in [-0.1, -0.05) is 13.8 Å². The second-order valence-corrected chi connectivity index (χ2v) is 7.62.